The fourth-order valence-corrected chi connectivity index (χ4v) is 2.96. The second kappa shape index (κ2) is 8.38. The first-order chi connectivity index (χ1) is 12.7. The van der Waals surface area contributed by atoms with E-state index < -0.39 is 0 Å². The van der Waals surface area contributed by atoms with Crippen molar-refractivity contribution in [2.24, 2.45) is 0 Å². The van der Waals surface area contributed by atoms with E-state index in [2.05, 4.69) is 9.88 Å². The topological polar surface area (TPSA) is 54.9 Å². The van der Waals surface area contributed by atoms with E-state index in [4.69, 9.17) is 9.47 Å². The maximum Gasteiger partial charge on any atom is 0.246 e. The molecule has 26 heavy (non-hydrogen) atoms. The molecule has 6 heteroatoms. The molecule has 0 saturated carbocycles. The number of pyridine rings is 1. The van der Waals surface area contributed by atoms with Crippen molar-refractivity contribution in [2.75, 3.05) is 45.3 Å². The first-order valence-corrected chi connectivity index (χ1v) is 8.55. The van der Waals surface area contributed by atoms with Gasteiger partial charge in [0.2, 0.25) is 5.91 Å². The highest BCUT2D eigenvalue weighted by Gasteiger charge is 2.19. The molecule has 0 unspecified atom stereocenters. The SMILES string of the molecule is COc1ccc(C=CC(=O)N2CCN(c3ccncc3)CC2)c(OC)c1. The summed E-state index contributed by atoms with van der Waals surface area (Å²) in [6.07, 6.45) is 6.97. The van der Waals surface area contributed by atoms with Gasteiger partial charge in [0, 0.05) is 62.0 Å². The molecule has 2 aromatic rings. The van der Waals surface area contributed by atoms with Crippen LogP contribution in [0, 0.1) is 0 Å². The third-order valence-electron chi connectivity index (χ3n) is 4.47. The average molecular weight is 353 g/mol. The predicted molar refractivity (Wildman–Crippen MR) is 102 cm³/mol. The average Bonchev–Trinajstić information content (AvgIpc) is 2.72. The number of piperazine rings is 1. The maximum absolute atomic E-state index is 12.5. The number of anilines is 1. The fraction of sp³-hybridized carbons (Fsp3) is 0.300. The van der Waals surface area contributed by atoms with Crippen molar-refractivity contribution < 1.29 is 14.3 Å². The Morgan fingerprint density at radius 3 is 2.42 bits per heavy atom. The minimum absolute atomic E-state index is 0.0113. The summed E-state index contributed by atoms with van der Waals surface area (Å²) in [7, 11) is 3.21. The zero-order valence-electron chi connectivity index (χ0n) is 15.1. The van der Waals surface area contributed by atoms with Gasteiger partial charge in [-0.05, 0) is 30.3 Å². The van der Waals surface area contributed by atoms with E-state index >= 15 is 0 Å². The summed E-state index contributed by atoms with van der Waals surface area (Å²) in [5, 5.41) is 0. The lowest BCUT2D eigenvalue weighted by molar-refractivity contribution is -0.126. The van der Waals surface area contributed by atoms with Gasteiger partial charge in [0.15, 0.2) is 0 Å². The number of carbonyl (C=O) groups is 1. The Kier molecular flexibility index (Phi) is 5.73. The van der Waals surface area contributed by atoms with Crippen molar-refractivity contribution >= 4 is 17.7 Å². The van der Waals surface area contributed by atoms with Crippen LogP contribution in [0.3, 0.4) is 0 Å². The van der Waals surface area contributed by atoms with Crippen molar-refractivity contribution in [1.29, 1.82) is 0 Å². The molecule has 0 atom stereocenters. The van der Waals surface area contributed by atoms with E-state index in [1.165, 1.54) is 0 Å². The molecule has 3 rings (SSSR count). The van der Waals surface area contributed by atoms with Gasteiger partial charge in [-0.15, -0.1) is 0 Å². The summed E-state index contributed by atoms with van der Waals surface area (Å²) < 4.78 is 10.6. The summed E-state index contributed by atoms with van der Waals surface area (Å²) in [5.74, 6) is 1.41. The molecule has 2 heterocycles. The number of hydrogen-bond acceptors (Lipinski definition) is 5. The van der Waals surface area contributed by atoms with Gasteiger partial charge in [0.25, 0.3) is 0 Å². The van der Waals surface area contributed by atoms with Gasteiger partial charge in [-0.3, -0.25) is 9.78 Å². The minimum Gasteiger partial charge on any atom is -0.497 e. The molecule has 1 aliphatic rings. The molecular weight excluding hydrogens is 330 g/mol. The first-order valence-electron chi connectivity index (χ1n) is 8.55. The Morgan fingerprint density at radius 1 is 1.04 bits per heavy atom. The number of carbonyl (C=O) groups excluding carboxylic acids is 1. The van der Waals surface area contributed by atoms with Crippen LogP contribution in [0.4, 0.5) is 5.69 Å². The molecule has 0 bridgehead atoms. The molecule has 1 saturated heterocycles. The number of rotatable bonds is 5. The highest BCUT2D eigenvalue weighted by molar-refractivity contribution is 5.92. The Bertz CT molecular complexity index is 769. The number of amides is 1. The maximum atomic E-state index is 12.5. The normalized spacial score (nSPS) is 14.5. The summed E-state index contributed by atoms with van der Waals surface area (Å²) in [4.78, 5) is 20.7. The molecule has 1 aromatic heterocycles. The van der Waals surface area contributed by atoms with Gasteiger partial charge in [-0.2, -0.15) is 0 Å². The van der Waals surface area contributed by atoms with Crippen molar-refractivity contribution in [3.8, 4) is 11.5 Å². The summed E-state index contributed by atoms with van der Waals surface area (Å²) >= 11 is 0. The van der Waals surface area contributed by atoms with Crippen molar-refractivity contribution in [3.63, 3.8) is 0 Å². The van der Waals surface area contributed by atoms with E-state index in [0.717, 1.165) is 30.1 Å². The number of nitrogens with zero attached hydrogens (tertiary/aromatic N) is 3. The number of hydrogen-bond donors (Lipinski definition) is 0. The summed E-state index contributed by atoms with van der Waals surface area (Å²) in [6, 6.07) is 9.52. The molecule has 0 spiro atoms. The molecule has 136 valence electrons. The van der Waals surface area contributed by atoms with Crippen molar-refractivity contribution in [1.82, 2.24) is 9.88 Å². The number of benzene rings is 1. The highest BCUT2D eigenvalue weighted by Crippen LogP contribution is 2.25. The number of ether oxygens (including phenoxy) is 2. The van der Waals surface area contributed by atoms with E-state index in [9.17, 15) is 4.79 Å². The Morgan fingerprint density at radius 2 is 1.77 bits per heavy atom. The third-order valence-corrected chi connectivity index (χ3v) is 4.47. The van der Waals surface area contributed by atoms with E-state index in [1.54, 1.807) is 44.8 Å². The molecule has 6 nitrogen and oxygen atoms in total. The highest BCUT2D eigenvalue weighted by atomic mass is 16.5. The van der Waals surface area contributed by atoms with Gasteiger partial charge in [-0.25, -0.2) is 0 Å². The second-order valence-electron chi connectivity index (χ2n) is 5.96. The third kappa shape index (κ3) is 4.14. The molecule has 1 aliphatic heterocycles. The van der Waals surface area contributed by atoms with Crippen molar-refractivity contribution in [3.05, 3.63) is 54.4 Å². The number of aromatic nitrogens is 1. The van der Waals surface area contributed by atoms with Crippen LogP contribution in [-0.2, 0) is 4.79 Å². The van der Waals surface area contributed by atoms with Crippen LogP contribution in [0.2, 0.25) is 0 Å². The molecule has 0 aliphatic carbocycles. The summed E-state index contributed by atoms with van der Waals surface area (Å²) in [6.45, 7) is 3.03. The Hall–Kier alpha value is -3.02. The Labute approximate surface area is 153 Å². The first kappa shape index (κ1) is 17.8. The summed E-state index contributed by atoms with van der Waals surface area (Å²) in [5.41, 5.74) is 1.99. The molecular formula is C20H23N3O3. The minimum atomic E-state index is 0.0113. The largest absolute Gasteiger partial charge is 0.497 e. The van der Waals surface area contributed by atoms with Crippen LogP contribution in [0.1, 0.15) is 5.56 Å². The van der Waals surface area contributed by atoms with Gasteiger partial charge in [-0.1, -0.05) is 0 Å². The van der Waals surface area contributed by atoms with Gasteiger partial charge in [0.1, 0.15) is 11.5 Å². The van der Waals surface area contributed by atoms with Crippen molar-refractivity contribution in [2.45, 2.75) is 0 Å². The molecule has 0 radical (unpaired) electrons. The number of methoxy groups -OCH3 is 2. The standard InChI is InChI=1S/C20H23N3O3/c1-25-18-5-3-16(19(15-18)26-2)4-6-20(24)23-13-11-22(12-14-23)17-7-9-21-10-8-17/h3-10,15H,11-14H2,1-2H3. The molecule has 1 aromatic carbocycles. The Balaban J connectivity index is 1.60. The van der Waals surface area contributed by atoms with Gasteiger partial charge in [0.05, 0.1) is 14.2 Å². The van der Waals surface area contributed by atoms with Gasteiger partial charge < -0.3 is 19.3 Å². The fourth-order valence-electron chi connectivity index (χ4n) is 2.96. The smallest absolute Gasteiger partial charge is 0.246 e. The van der Waals surface area contributed by atoms with Crippen LogP contribution in [-0.4, -0.2) is 56.2 Å². The monoisotopic (exact) mass is 353 g/mol. The zero-order valence-corrected chi connectivity index (χ0v) is 15.1. The van der Waals surface area contributed by atoms with E-state index in [0.29, 0.717) is 18.8 Å². The van der Waals surface area contributed by atoms with Crippen LogP contribution in [0.5, 0.6) is 11.5 Å². The molecule has 1 fully saturated rings. The van der Waals surface area contributed by atoms with Crippen LogP contribution < -0.4 is 14.4 Å². The van der Waals surface area contributed by atoms with Crippen LogP contribution in [0.15, 0.2) is 48.8 Å². The van der Waals surface area contributed by atoms with Crippen LogP contribution >= 0.6 is 0 Å². The predicted octanol–water partition coefficient (Wildman–Crippen LogP) is 2.46. The lowest BCUT2D eigenvalue weighted by Crippen LogP contribution is -2.48. The van der Waals surface area contributed by atoms with E-state index in [-0.39, 0.29) is 5.91 Å². The molecule has 0 N–H and O–H groups in total. The van der Waals surface area contributed by atoms with Crippen LogP contribution in [0.25, 0.3) is 6.08 Å². The lowest BCUT2D eigenvalue weighted by atomic mass is 10.1. The molecule has 1 amide bonds. The van der Waals surface area contributed by atoms with Gasteiger partial charge >= 0.3 is 0 Å². The lowest BCUT2D eigenvalue weighted by Gasteiger charge is -2.35. The quantitative estimate of drug-likeness (QED) is 0.773. The zero-order chi connectivity index (χ0) is 18.4. The second-order valence-corrected chi connectivity index (χ2v) is 5.96. The van der Waals surface area contributed by atoms with E-state index in [1.807, 2.05) is 29.2 Å².